The van der Waals surface area contributed by atoms with E-state index in [4.69, 9.17) is 0 Å². The molecule has 1 amide bonds. The maximum absolute atomic E-state index is 12.4. The van der Waals surface area contributed by atoms with E-state index in [1.165, 1.54) is 11.0 Å². The molecular weight excluding hydrogens is 270 g/mol. The van der Waals surface area contributed by atoms with Crippen molar-refractivity contribution in [2.24, 2.45) is 5.92 Å². The number of anilines is 1. The first-order valence-corrected chi connectivity index (χ1v) is 7.15. The van der Waals surface area contributed by atoms with Crippen LogP contribution in [0, 0.1) is 16.0 Å². The molecule has 1 aromatic rings. The zero-order valence-electron chi connectivity index (χ0n) is 13.0. The molecule has 1 rings (SSSR count). The van der Waals surface area contributed by atoms with Crippen LogP contribution in [0.3, 0.4) is 0 Å². The Morgan fingerprint density at radius 3 is 2.62 bits per heavy atom. The summed E-state index contributed by atoms with van der Waals surface area (Å²) >= 11 is 0. The molecule has 0 aliphatic heterocycles. The smallest absolute Gasteiger partial charge is 0.305 e. The highest BCUT2D eigenvalue weighted by Crippen LogP contribution is 2.29. The maximum Gasteiger partial charge on any atom is 0.305 e. The van der Waals surface area contributed by atoms with Crippen molar-refractivity contribution in [1.29, 1.82) is 0 Å². The second kappa shape index (κ2) is 7.61. The van der Waals surface area contributed by atoms with E-state index in [9.17, 15) is 14.9 Å². The SMILES string of the molecule is CCNc1cccc(C(=O)N(C)CCC(C)C)c1[N+](=O)[O-]. The molecule has 116 valence electrons. The van der Waals surface area contributed by atoms with Gasteiger partial charge in [0.1, 0.15) is 11.3 Å². The summed E-state index contributed by atoms with van der Waals surface area (Å²) in [6, 6.07) is 4.79. The summed E-state index contributed by atoms with van der Waals surface area (Å²) < 4.78 is 0. The number of nitro groups is 1. The molecule has 0 spiro atoms. The fraction of sp³-hybridized carbons (Fsp3) is 0.533. The van der Waals surface area contributed by atoms with Gasteiger partial charge in [-0.25, -0.2) is 0 Å². The van der Waals surface area contributed by atoms with Crippen molar-refractivity contribution >= 4 is 17.3 Å². The molecule has 6 heteroatoms. The van der Waals surface area contributed by atoms with E-state index in [-0.39, 0.29) is 17.2 Å². The van der Waals surface area contributed by atoms with Crippen LogP contribution < -0.4 is 5.32 Å². The van der Waals surface area contributed by atoms with Gasteiger partial charge in [-0.1, -0.05) is 19.9 Å². The van der Waals surface area contributed by atoms with Gasteiger partial charge in [0.05, 0.1) is 4.92 Å². The Balaban J connectivity index is 3.08. The van der Waals surface area contributed by atoms with Gasteiger partial charge >= 0.3 is 5.69 Å². The molecule has 0 atom stereocenters. The standard InChI is InChI=1S/C15H23N3O3/c1-5-16-13-8-6-7-12(14(13)18(20)21)15(19)17(4)10-9-11(2)3/h6-8,11,16H,5,9-10H2,1-4H3. The molecule has 1 aromatic carbocycles. The van der Waals surface area contributed by atoms with Crippen molar-refractivity contribution in [3.8, 4) is 0 Å². The normalized spacial score (nSPS) is 10.5. The van der Waals surface area contributed by atoms with Crippen LogP contribution in [0.15, 0.2) is 18.2 Å². The largest absolute Gasteiger partial charge is 0.380 e. The number of carbonyl (C=O) groups excluding carboxylic acids is 1. The van der Waals surface area contributed by atoms with E-state index in [1.807, 2.05) is 6.92 Å². The highest BCUT2D eigenvalue weighted by atomic mass is 16.6. The zero-order chi connectivity index (χ0) is 16.0. The quantitative estimate of drug-likeness (QED) is 0.619. The van der Waals surface area contributed by atoms with Gasteiger partial charge < -0.3 is 10.2 Å². The molecule has 0 saturated heterocycles. The minimum Gasteiger partial charge on any atom is -0.380 e. The van der Waals surface area contributed by atoms with Gasteiger partial charge in [-0.15, -0.1) is 0 Å². The zero-order valence-corrected chi connectivity index (χ0v) is 13.0. The fourth-order valence-corrected chi connectivity index (χ4v) is 2.00. The number of benzene rings is 1. The Hall–Kier alpha value is -2.11. The Bertz CT molecular complexity index is 515. The molecule has 0 fully saturated rings. The highest BCUT2D eigenvalue weighted by Gasteiger charge is 2.26. The van der Waals surface area contributed by atoms with Crippen molar-refractivity contribution in [1.82, 2.24) is 4.90 Å². The van der Waals surface area contributed by atoms with Gasteiger partial charge in [-0.05, 0) is 31.4 Å². The van der Waals surface area contributed by atoms with Crippen molar-refractivity contribution in [3.05, 3.63) is 33.9 Å². The molecule has 0 aliphatic carbocycles. The Morgan fingerprint density at radius 2 is 2.10 bits per heavy atom. The first-order chi connectivity index (χ1) is 9.88. The van der Waals surface area contributed by atoms with E-state index < -0.39 is 4.92 Å². The molecule has 0 aliphatic rings. The lowest BCUT2D eigenvalue weighted by atomic mass is 10.1. The number of nitrogens with one attached hydrogen (secondary N) is 1. The van der Waals surface area contributed by atoms with Crippen LogP contribution in [0.4, 0.5) is 11.4 Å². The van der Waals surface area contributed by atoms with Crippen molar-refractivity contribution in [2.75, 3.05) is 25.5 Å². The molecule has 0 unspecified atom stereocenters. The first-order valence-electron chi connectivity index (χ1n) is 7.15. The second-order valence-corrected chi connectivity index (χ2v) is 5.40. The van der Waals surface area contributed by atoms with E-state index in [0.29, 0.717) is 24.7 Å². The fourth-order valence-electron chi connectivity index (χ4n) is 2.00. The number of hydrogen-bond donors (Lipinski definition) is 1. The Kier molecular flexibility index (Phi) is 6.14. The van der Waals surface area contributed by atoms with Crippen molar-refractivity contribution < 1.29 is 9.72 Å². The van der Waals surface area contributed by atoms with Crippen molar-refractivity contribution in [3.63, 3.8) is 0 Å². The average Bonchev–Trinajstić information content (AvgIpc) is 2.43. The molecule has 1 N–H and O–H groups in total. The number of carbonyl (C=O) groups is 1. The van der Waals surface area contributed by atoms with Gasteiger partial charge in [-0.2, -0.15) is 0 Å². The summed E-state index contributed by atoms with van der Waals surface area (Å²) in [5, 5.41) is 14.2. The van der Waals surface area contributed by atoms with Gasteiger partial charge in [0, 0.05) is 20.1 Å². The molecule has 6 nitrogen and oxygen atoms in total. The third-order valence-corrected chi connectivity index (χ3v) is 3.20. The lowest BCUT2D eigenvalue weighted by Gasteiger charge is -2.19. The summed E-state index contributed by atoms with van der Waals surface area (Å²) in [5.74, 6) is 0.158. The number of nitro benzene ring substituents is 1. The van der Waals surface area contributed by atoms with Gasteiger partial charge in [-0.3, -0.25) is 14.9 Å². The summed E-state index contributed by atoms with van der Waals surface area (Å²) in [7, 11) is 1.67. The van der Waals surface area contributed by atoms with Crippen LogP contribution >= 0.6 is 0 Å². The molecular formula is C15H23N3O3. The maximum atomic E-state index is 12.4. The van der Waals surface area contributed by atoms with Gasteiger partial charge in [0.2, 0.25) is 0 Å². The third-order valence-electron chi connectivity index (χ3n) is 3.20. The minimum absolute atomic E-state index is 0.129. The van der Waals surface area contributed by atoms with Crippen LogP contribution in [0.2, 0.25) is 0 Å². The molecule has 21 heavy (non-hydrogen) atoms. The van der Waals surface area contributed by atoms with Crippen LogP contribution in [-0.2, 0) is 0 Å². The summed E-state index contributed by atoms with van der Waals surface area (Å²) in [6.07, 6.45) is 0.864. The number of amides is 1. The monoisotopic (exact) mass is 293 g/mol. The number of nitrogens with zero attached hydrogens (tertiary/aromatic N) is 2. The number of para-hydroxylation sites is 1. The summed E-state index contributed by atoms with van der Waals surface area (Å²) in [5.41, 5.74) is 0.357. The topological polar surface area (TPSA) is 75.5 Å². The van der Waals surface area contributed by atoms with Gasteiger partial charge in [0.15, 0.2) is 0 Å². The third kappa shape index (κ3) is 4.44. The molecule has 0 radical (unpaired) electrons. The molecule has 0 heterocycles. The van der Waals surface area contributed by atoms with Gasteiger partial charge in [0.25, 0.3) is 5.91 Å². The number of rotatable bonds is 7. The van der Waals surface area contributed by atoms with E-state index >= 15 is 0 Å². The van der Waals surface area contributed by atoms with E-state index in [0.717, 1.165) is 6.42 Å². The first kappa shape index (κ1) is 16.9. The van der Waals surface area contributed by atoms with Crippen LogP contribution in [-0.4, -0.2) is 35.9 Å². The lowest BCUT2D eigenvalue weighted by molar-refractivity contribution is -0.384. The molecule has 0 bridgehead atoms. The minimum atomic E-state index is -0.498. The Labute approximate surface area is 125 Å². The predicted molar refractivity (Wildman–Crippen MR) is 83.7 cm³/mol. The van der Waals surface area contributed by atoms with Crippen LogP contribution in [0.5, 0.6) is 0 Å². The average molecular weight is 293 g/mol. The van der Waals surface area contributed by atoms with E-state index in [1.54, 1.807) is 19.2 Å². The van der Waals surface area contributed by atoms with E-state index in [2.05, 4.69) is 19.2 Å². The number of hydrogen-bond acceptors (Lipinski definition) is 4. The van der Waals surface area contributed by atoms with Crippen LogP contribution in [0.1, 0.15) is 37.6 Å². The van der Waals surface area contributed by atoms with Crippen molar-refractivity contribution in [2.45, 2.75) is 27.2 Å². The lowest BCUT2D eigenvalue weighted by Crippen LogP contribution is -2.29. The predicted octanol–water partition coefficient (Wildman–Crippen LogP) is 3.14. The summed E-state index contributed by atoms with van der Waals surface area (Å²) in [4.78, 5) is 24.8. The molecule has 0 aromatic heterocycles. The second-order valence-electron chi connectivity index (χ2n) is 5.40. The Morgan fingerprint density at radius 1 is 1.43 bits per heavy atom. The highest BCUT2D eigenvalue weighted by molar-refractivity contribution is 6.00. The molecule has 0 saturated carbocycles. The summed E-state index contributed by atoms with van der Waals surface area (Å²) in [6.45, 7) is 7.15. The van der Waals surface area contributed by atoms with Crippen LogP contribution in [0.25, 0.3) is 0 Å².